The lowest BCUT2D eigenvalue weighted by Gasteiger charge is -2.36. The van der Waals surface area contributed by atoms with Gasteiger partial charge in [0.1, 0.15) is 10.6 Å². The molecule has 96 valence electrons. The van der Waals surface area contributed by atoms with Crippen LogP contribution in [0.3, 0.4) is 0 Å². The molecule has 1 spiro atoms. The van der Waals surface area contributed by atoms with Gasteiger partial charge in [-0.05, 0) is 31.4 Å². The number of carbonyl (C=O) groups is 1. The third kappa shape index (κ3) is 1.51. The Bertz CT molecular complexity index is 525. The number of aromatic nitrogens is 1. The molecule has 0 aromatic carbocycles. The van der Waals surface area contributed by atoms with E-state index in [0.717, 1.165) is 37.0 Å². The molecule has 3 N–H and O–H groups in total. The Morgan fingerprint density at radius 1 is 1.44 bits per heavy atom. The molecular formula is C12H15N3O2S. The fourth-order valence-electron chi connectivity index (χ4n) is 2.86. The van der Waals surface area contributed by atoms with Gasteiger partial charge in [-0.1, -0.05) is 5.16 Å². The molecule has 0 unspecified atom stereocenters. The van der Waals surface area contributed by atoms with E-state index < -0.39 is 4.75 Å². The number of thioether (sulfide) groups is 1. The first-order valence-corrected chi connectivity index (χ1v) is 7.14. The van der Waals surface area contributed by atoms with Gasteiger partial charge in [0.15, 0.2) is 17.2 Å². The maximum absolute atomic E-state index is 12.3. The summed E-state index contributed by atoms with van der Waals surface area (Å²) >= 11 is 1.67. The molecule has 0 saturated carbocycles. The number of ketones is 1. The van der Waals surface area contributed by atoms with Crippen molar-refractivity contribution in [2.24, 2.45) is 5.73 Å². The van der Waals surface area contributed by atoms with Crippen LogP contribution in [0.2, 0.25) is 0 Å². The summed E-state index contributed by atoms with van der Waals surface area (Å²) in [7, 11) is 0. The first-order chi connectivity index (χ1) is 8.65. The van der Waals surface area contributed by atoms with E-state index in [9.17, 15) is 4.79 Å². The fourth-order valence-corrected chi connectivity index (χ4v) is 4.34. The molecule has 5 nitrogen and oxygen atoms in total. The molecule has 3 rings (SSSR count). The van der Waals surface area contributed by atoms with Crippen LogP contribution in [0.5, 0.6) is 0 Å². The molecular weight excluding hydrogens is 250 g/mol. The van der Waals surface area contributed by atoms with Gasteiger partial charge < -0.3 is 10.3 Å². The second kappa shape index (κ2) is 4.12. The van der Waals surface area contributed by atoms with E-state index >= 15 is 0 Å². The third-order valence-corrected chi connectivity index (χ3v) is 5.32. The lowest BCUT2D eigenvalue weighted by Crippen LogP contribution is -2.38. The van der Waals surface area contributed by atoms with Crippen molar-refractivity contribution in [3.8, 4) is 0 Å². The molecule has 2 aliphatic rings. The Kier molecular flexibility index (Phi) is 2.69. The van der Waals surface area contributed by atoms with Gasteiger partial charge >= 0.3 is 0 Å². The van der Waals surface area contributed by atoms with Crippen molar-refractivity contribution in [1.29, 1.82) is 5.41 Å². The molecule has 2 heterocycles. The number of Topliss-reactive ketones (excluding diaryl/α,β-unsaturated/α-hetero) is 1. The Balaban J connectivity index is 2.12. The highest BCUT2D eigenvalue weighted by Gasteiger charge is 2.49. The molecule has 1 aromatic heterocycles. The van der Waals surface area contributed by atoms with Crippen molar-refractivity contribution in [1.82, 2.24) is 5.16 Å². The lowest BCUT2D eigenvalue weighted by molar-refractivity contribution is -0.122. The van der Waals surface area contributed by atoms with E-state index in [2.05, 4.69) is 5.16 Å². The highest BCUT2D eigenvalue weighted by atomic mass is 32.2. The molecule has 0 amide bonds. The number of nitrogens with one attached hydrogen (secondary N) is 1. The Morgan fingerprint density at radius 2 is 2.28 bits per heavy atom. The first-order valence-electron chi connectivity index (χ1n) is 6.16. The Hall–Kier alpha value is -1.30. The normalized spacial score (nSPS) is 27.2. The first kappa shape index (κ1) is 11.8. The molecule has 0 bridgehead atoms. The number of nitrogens with two attached hydrogens (primary N) is 1. The summed E-state index contributed by atoms with van der Waals surface area (Å²) in [6.45, 7) is 0. The summed E-state index contributed by atoms with van der Waals surface area (Å²) in [4.78, 5) is 12.3. The van der Waals surface area contributed by atoms with Crippen LogP contribution in [-0.2, 0) is 16.0 Å². The van der Waals surface area contributed by atoms with Crippen LogP contribution in [0.25, 0.3) is 0 Å². The predicted octanol–water partition coefficient (Wildman–Crippen LogP) is 1.59. The molecule has 1 aliphatic heterocycles. The van der Waals surface area contributed by atoms with Crippen LogP contribution in [0.4, 0.5) is 0 Å². The van der Waals surface area contributed by atoms with Crippen LogP contribution in [-0.4, -0.2) is 22.5 Å². The number of nitrogen functional groups attached to an aromatic ring is 1. The molecule has 0 radical (unpaired) electrons. The lowest BCUT2D eigenvalue weighted by atomic mass is 9.82. The maximum atomic E-state index is 12.3. The van der Waals surface area contributed by atoms with Gasteiger partial charge in [-0.25, -0.2) is 0 Å². The molecule has 1 aliphatic carbocycles. The van der Waals surface area contributed by atoms with E-state index in [0.29, 0.717) is 17.9 Å². The van der Waals surface area contributed by atoms with Gasteiger partial charge in [-0.2, -0.15) is 0 Å². The zero-order valence-corrected chi connectivity index (χ0v) is 10.8. The van der Waals surface area contributed by atoms with Crippen molar-refractivity contribution >= 4 is 23.4 Å². The number of nitrogens with zero attached hydrogens (tertiary/aromatic N) is 1. The number of hydrogen-bond acceptors (Lipinski definition) is 5. The van der Waals surface area contributed by atoms with Crippen LogP contribution >= 0.6 is 11.8 Å². The summed E-state index contributed by atoms with van der Waals surface area (Å²) in [5.41, 5.74) is 6.80. The average molecular weight is 265 g/mol. The van der Waals surface area contributed by atoms with Crippen molar-refractivity contribution in [3.63, 3.8) is 0 Å². The average Bonchev–Trinajstić information content (AvgIpc) is 2.78. The van der Waals surface area contributed by atoms with E-state index in [4.69, 9.17) is 15.7 Å². The Labute approximate surface area is 109 Å². The van der Waals surface area contributed by atoms with Gasteiger partial charge in [0, 0.05) is 12.0 Å². The van der Waals surface area contributed by atoms with Gasteiger partial charge in [0.25, 0.3) is 0 Å². The van der Waals surface area contributed by atoms with Gasteiger partial charge in [0.2, 0.25) is 0 Å². The monoisotopic (exact) mass is 265 g/mol. The van der Waals surface area contributed by atoms with Crippen molar-refractivity contribution in [2.75, 3.05) is 5.75 Å². The largest absolute Gasteiger partial charge is 0.382 e. The number of carbonyl (C=O) groups excluding carboxylic acids is 1. The zero-order valence-electron chi connectivity index (χ0n) is 9.99. The van der Waals surface area contributed by atoms with Crippen molar-refractivity contribution in [3.05, 3.63) is 17.0 Å². The molecule has 6 heteroatoms. The number of amidine groups is 1. The minimum absolute atomic E-state index is 0.0784. The third-order valence-electron chi connectivity index (χ3n) is 3.71. The molecule has 1 aromatic rings. The Morgan fingerprint density at radius 3 is 3.00 bits per heavy atom. The smallest absolute Gasteiger partial charge is 0.164 e. The van der Waals surface area contributed by atoms with Gasteiger partial charge in [-0.3, -0.25) is 10.2 Å². The minimum atomic E-state index is -0.549. The topological polar surface area (TPSA) is 93.0 Å². The molecule has 1 atom stereocenters. The van der Waals surface area contributed by atoms with Crippen molar-refractivity contribution < 1.29 is 9.32 Å². The van der Waals surface area contributed by atoms with Crippen LogP contribution in [0.15, 0.2) is 4.52 Å². The second-order valence-corrected chi connectivity index (χ2v) is 6.20. The minimum Gasteiger partial charge on any atom is -0.382 e. The SMILES string of the molecule is N=C(N)c1noc2c1CCC[C@@]21SCCCC1=O. The summed E-state index contributed by atoms with van der Waals surface area (Å²) < 4.78 is 4.85. The van der Waals surface area contributed by atoms with Crippen molar-refractivity contribution in [2.45, 2.75) is 36.9 Å². The zero-order chi connectivity index (χ0) is 12.8. The van der Waals surface area contributed by atoms with E-state index in [1.165, 1.54) is 0 Å². The summed E-state index contributed by atoms with van der Waals surface area (Å²) in [6.07, 6.45) is 4.09. The molecule has 1 saturated heterocycles. The summed E-state index contributed by atoms with van der Waals surface area (Å²) in [6, 6.07) is 0. The number of hydrogen-bond donors (Lipinski definition) is 2. The standard InChI is InChI=1S/C12H15N3O2S/c13-11(14)9-7-3-1-5-12(10(7)17-15-9)8(16)4-2-6-18-12/h1-6H2,(H3,13,14)/t12-/m0/s1. The highest BCUT2D eigenvalue weighted by Crippen LogP contribution is 2.50. The maximum Gasteiger partial charge on any atom is 0.164 e. The summed E-state index contributed by atoms with van der Waals surface area (Å²) in [5.74, 6) is 1.80. The van der Waals surface area contributed by atoms with Gasteiger partial charge in [-0.15, -0.1) is 11.8 Å². The predicted molar refractivity (Wildman–Crippen MR) is 68.8 cm³/mol. The van der Waals surface area contributed by atoms with E-state index in [-0.39, 0.29) is 11.6 Å². The van der Waals surface area contributed by atoms with Crippen LogP contribution in [0, 0.1) is 5.41 Å². The second-order valence-electron chi connectivity index (χ2n) is 4.81. The fraction of sp³-hybridized carbons (Fsp3) is 0.583. The van der Waals surface area contributed by atoms with E-state index in [1.807, 2.05) is 0 Å². The van der Waals surface area contributed by atoms with Crippen LogP contribution < -0.4 is 5.73 Å². The molecule has 18 heavy (non-hydrogen) atoms. The number of rotatable bonds is 1. The highest BCUT2D eigenvalue weighted by molar-refractivity contribution is 8.01. The van der Waals surface area contributed by atoms with Gasteiger partial charge in [0.05, 0.1) is 0 Å². The number of fused-ring (bicyclic) bond motifs is 2. The summed E-state index contributed by atoms with van der Waals surface area (Å²) in [5, 5.41) is 11.4. The quantitative estimate of drug-likeness (QED) is 0.594. The van der Waals surface area contributed by atoms with E-state index in [1.54, 1.807) is 11.8 Å². The van der Waals surface area contributed by atoms with Crippen LogP contribution in [0.1, 0.15) is 42.7 Å². The molecule has 1 fully saturated rings.